The fourth-order valence-corrected chi connectivity index (χ4v) is 3.92. The third kappa shape index (κ3) is 6.60. The number of H-pyrrole nitrogens is 1. The Kier molecular flexibility index (Phi) is 8.48. The van der Waals surface area contributed by atoms with E-state index in [4.69, 9.17) is 5.73 Å². The molecule has 1 aromatic heterocycles. The van der Waals surface area contributed by atoms with Gasteiger partial charge in [0.25, 0.3) is 0 Å². The van der Waals surface area contributed by atoms with Crippen molar-refractivity contribution in [2.75, 3.05) is 0 Å². The maximum atomic E-state index is 13.2. The minimum absolute atomic E-state index is 0.108. The van der Waals surface area contributed by atoms with Gasteiger partial charge in [-0.05, 0) is 41.7 Å². The molecule has 0 bridgehead atoms. The Hall–Kier alpha value is -3.85. The number of aromatic nitrogens is 1. The van der Waals surface area contributed by atoms with E-state index in [0.29, 0.717) is 6.42 Å². The Morgan fingerprint density at radius 1 is 1.00 bits per heavy atom. The molecular formula is C26H32N4O5. The van der Waals surface area contributed by atoms with Crippen LogP contribution in [-0.4, -0.2) is 51.1 Å². The summed E-state index contributed by atoms with van der Waals surface area (Å²) in [4.78, 5) is 41.1. The zero-order valence-corrected chi connectivity index (χ0v) is 19.8. The van der Waals surface area contributed by atoms with Crippen LogP contribution in [0.3, 0.4) is 0 Å². The minimum Gasteiger partial charge on any atom is -0.508 e. The summed E-state index contributed by atoms with van der Waals surface area (Å²) in [6.07, 6.45) is 2.70. The van der Waals surface area contributed by atoms with Crippen molar-refractivity contribution in [2.24, 2.45) is 11.7 Å². The molecule has 0 radical (unpaired) electrons. The molecule has 0 spiro atoms. The summed E-state index contributed by atoms with van der Waals surface area (Å²) < 4.78 is 0. The molecule has 0 aliphatic rings. The number of fused-ring (bicyclic) bond motifs is 1. The summed E-state index contributed by atoms with van der Waals surface area (Å²) in [6.45, 7) is 3.60. The predicted molar refractivity (Wildman–Crippen MR) is 133 cm³/mol. The summed E-state index contributed by atoms with van der Waals surface area (Å²) >= 11 is 0. The van der Waals surface area contributed by atoms with Crippen molar-refractivity contribution in [3.8, 4) is 5.75 Å². The summed E-state index contributed by atoms with van der Waals surface area (Å²) in [5.74, 6) is -2.44. The van der Waals surface area contributed by atoms with Crippen molar-refractivity contribution in [1.82, 2.24) is 15.6 Å². The molecule has 0 aliphatic carbocycles. The standard InChI is InChI=1S/C26H32N4O5/c1-3-15(2)23(26(34)35)30-25(33)22(13-17-14-28-21-7-5-4-6-19(17)21)29-24(32)20(27)12-16-8-10-18(31)11-9-16/h4-11,14-15,20,22-23,28,31H,3,12-13,27H2,1-2H3,(H,29,32)(H,30,33)(H,34,35). The molecule has 9 heteroatoms. The molecule has 0 saturated carbocycles. The number of phenolic OH excluding ortho intramolecular Hbond substituents is 1. The number of carbonyl (C=O) groups is 3. The van der Waals surface area contributed by atoms with Gasteiger partial charge in [-0.2, -0.15) is 0 Å². The van der Waals surface area contributed by atoms with Crippen LogP contribution in [0.15, 0.2) is 54.7 Å². The van der Waals surface area contributed by atoms with E-state index in [1.54, 1.807) is 25.3 Å². The van der Waals surface area contributed by atoms with Crippen molar-refractivity contribution >= 4 is 28.7 Å². The molecule has 35 heavy (non-hydrogen) atoms. The maximum absolute atomic E-state index is 13.2. The molecule has 9 nitrogen and oxygen atoms in total. The van der Waals surface area contributed by atoms with Crippen LogP contribution < -0.4 is 16.4 Å². The Morgan fingerprint density at radius 3 is 2.34 bits per heavy atom. The summed E-state index contributed by atoms with van der Waals surface area (Å²) in [5.41, 5.74) is 8.57. The first-order valence-corrected chi connectivity index (χ1v) is 11.6. The number of amides is 2. The number of para-hydroxylation sites is 1. The van der Waals surface area contributed by atoms with Crippen LogP contribution in [0.4, 0.5) is 0 Å². The lowest BCUT2D eigenvalue weighted by atomic mass is 9.97. The van der Waals surface area contributed by atoms with Gasteiger partial charge in [0.15, 0.2) is 0 Å². The lowest BCUT2D eigenvalue weighted by molar-refractivity contribution is -0.143. The van der Waals surface area contributed by atoms with E-state index in [0.717, 1.165) is 22.0 Å². The molecule has 186 valence electrons. The Balaban J connectivity index is 1.80. The van der Waals surface area contributed by atoms with E-state index < -0.39 is 35.9 Å². The van der Waals surface area contributed by atoms with Crippen molar-refractivity contribution in [3.05, 3.63) is 65.9 Å². The molecule has 0 fully saturated rings. The summed E-state index contributed by atoms with van der Waals surface area (Å²) in [6, 6.07) is 10.9. The van der Waals surface area contributed by atoms with Gasteiger partial charge in [0.05, 0.1) is 6.04 Å². The van der Waals surface area contributed by atoms with Gasteiger partial charge in [-0.1, -0.05) is 50.6 Å². The highest BCUT2D eigenvalue weighted by atomic mass is 16.4. The first kappa shape index (κ1) is 25.8. The summed E-state index contributed by atoms with van der Waals surface area (Å²) in [7, 11) is 0. The Bertz CT molecular complexity index is 1170. The third-order valence-electron chi connectivity index (χ3n) is 6.24. The fourth-order valence-electron chi connectivity index (χ4n) is 3.92. The van der Waals surface area contributed by atoms with Crippen LogP contribution in [0.25, 0.3) is 10.9 Å². The third-order valence-corrected chi connectivity index (χ3v) is 6.24. The molecule has 2 amide bonds. The van der Waals surface area contributed by atoms with E-state index in [1.165, 1.54) is 12.1 Å². The number of aliphatic carboxylic acids is 1. The average Bonchev–Trinajstić information content (AvgIpc) is 3.25. The van der Waals surface area contributed by atoms with Gasteiger partial charge in [-0.3, -0.25) is 9.59 Å². The number of phenols is 1. The van der Waals surface area contributed by atoms with Crippen molar-refractivity contribution in [2.45, 2.75) is 51.2 Å². The van der Waals surface area contributed by atoms with Crippen LogP contribution in [0.5, 0.6) is 5.75 Å². The number of nitrogens with two attached hydrogens (primary N) is 1. The number of hydrogen-bond acceptors (Lipinski definition) is 5. The second-order valence-electron chi connectivity index (χ2n) is 8.81. The number of rotatable bonds is 11. The number of carboxylic acids is 1. The number of nitrogens with one attached hydrogen (secondary N) is 3. The zero-order valence-electron chi connectivity index (χ0n) is 19.8. The van der Waals surface area contributed by atoms with Crippen LogP contribution >= 0.6 is 0 Å². The molecule has 3 rings (SSSR count). The van der Waals surface area contributed by atoms with Crippen LogP contribution in [0.2, 0.25) is 0 Å². The number of benzene rings is 2. The molecule has 7 N–H and O–H groups in total. The zero-order chi connectivity index (χ0) is 25.5. The van der Waals surface area contributed by atoms with Gasteiger partial charge in [-0.15, -0.1) is 0 Å². The van der Waals surface area contributed by atoms with Crippen molar-refractivity contribution in [3.63, 3.8) is 0 Å². The van der Waals surface area contributed by atoms with Crippen molar-refractivity contribution < 1.29 is 24.6 Å². The molecule has 1 heterocycles. The molecule has 0 saturated heterocycles. The SMILES string of the molecule is CCC(C)C(NC(=O)C(Cc1c[nH]c2ccccc12)NC(=O)C(N)Cc1ccc(O)cc1)C(=O)O. The quantitative estimate of drug-likeness (QED) is 0.247. The van der Waals surface area contributed by atoms with E-state index >= 15 is 0 Å². The Labute approximate surface area is 203 Å². The normalized spacial score (nSPS) is 14.6. The number of aromatic amines is 1. The first-order chi connectivity index (χ1) is 16.7. The highest BCUT2D eigenvalue weighted by Crippen LogP contribution is 2.20. The maximum Gasteiger partial charge on any atom is 0.326 e. The van der Waals surface area contributed by atoms with Gasteiger partial charge < -0.3 is 31.6 Å². The number of hydrogen-bond donors (Lipinski definition) is 6. The molecule has 2 aromatic carbocycles. The monoisotopic (exact) mass is 480 g/mol. The molecule has 0 aliphatic heterocycles. The van der Waals surface area contributed by atoms with Gasteiger partial charge in [0, 0.05) is 23.5 Å². The number of carboxylic acid groups (broad SMARTS) is 1. The van der Waals surface area contributed by atoms with Gasteiger partial charge in [-0.25, -0.2) is 4.79 Å². The van der Waals surface area contributed by atoms with Gasteiger partial charge in [0.1, 0.15) is 17.8 Å². The van der Waals surface area contributed by atoms with E-state index in [1.807, 2.05) is 31.2 Å². The van der Waals surface area contributed by atoms with E-state index in [2.05, 4.69) is 15.6 Å². The summed E-state index contributed by atoms with van der Waals surface area (Å²) in [5, 5.41) is 25.3. The number of carbonyl (C=O) groups excluding carboxylic acids is 2. The van der Waals surface area contributed by atoms with Gasteiger partial charge >= 0.3 is 5.97 Å². The lowest BCUT2D eigenvalue weighted by Crippen LogP contribution is -2.56. The van der Waals surface area contributed by atoms with Crippen molar-refractivity contribution in [1.29, 1.82) is 0 Å². The molecular weight excluding hydrogens is 448 g/mol. The topological polar surface area (TPSA) is 158 Å². The largest absolute Gasteiger partial charge is 0.508 e. The van der Waals surface area contributed by atoms with Crippen LogP contribution in [0.1, 0.15) is 31.4 Å². The first-order valence-electron chi connectivity index (χ1n) is 11.6. The van der Waals surface area contributed by atoms with Gasteiger partial charge in [0.2, 0.25) is 11.8 Å². The van der Waals surface area contributed by atoms with Crippen LogP contribution in [0, 0.1) is 5.92 Å². The predicted octanol–water partition coefficient (Wildman–Crippen LogP) is 2.09. The van der Waals surface area contributed by atoms with E-state index in [-0.39, 0.29) is 24.5 Å². The fraction of sp³-hybridized carbons (Fsp3) is 0.346. The lowest BCUT2D eigenvalue weighted by Gasteiger charge is -2.25. The Morgan fingerprint density at radius 2 is 1.69 bits per heavy atom. The molecule has 3 aromatic rings. The molecule has 4 atom stereocenters. The highest BCUT2D eigenvalue weighted by Gasteiger charge is 2.31. The number of aromatic hydroxyl groups is 1. The molecule has 4 unspecified atom stereocenters. The van der Waals surface area contributed by atoms with Crippen LogP contribution in [-0.2, 0) is 27.2 Å². The van der Waals surface area contributed by atoms with E-state index in [9.17, 15) is 24.6 Å². The second-order valence-corrected chi connectivity index (χ2v) is 8.81. The average molecular weight is 481 g/mol. The smallest absolute Gasteiger partial charge is 0.326 e. The minimum atomic E-state index is -1.13. The highest BCUT2D eigenvalue weighted by molar-refractivity contribution is 5.93. The second kappa shape index (κ2) is 11.5.